The largest absolute Gasteiger partial charge is 0.348 e. The standard InChI is InChI=1S/C11H18N4O2S/c1-8-9(14-7-13-8)4-15-3-2-12-10-5-18(16,17)6-11(10)15/h7,10-12H,2-6H2,1H3,(H,13,14)/t10-,11-/m0/s1. The molecule has 2 fully saturated rings. The quantitative estimate of drug-likeness (QED) is 0.742. The number of aromatic nitrogens is 2. The van der Waals surface area contributed by atoms with Crippen molar-refractivity contribution in [3.63, 3.8) is 0 Å². The number of aromatic amines is 1. The highest BCUT2D eigenvalue weighted by atomic mass is 32.2. The van der Waals surface area contributed by atoms with Crippen molar-refractivity contribution in [1.82, 2.24) is 20.2 Å². The minimum Gasteiger partial charge on any atom is -0.348 e. The van der Waals surface area contributed by atoms with E-state index in [0.717, 1.165) is 31.0 Å². The van der Waals surface area contributed by atoms with Gasteiger partial charge in [-0.2, -0.15) is 0 Å². The normalized spacial score (nSPS) is 31.4. The zero-order valence-corrected chi connectivity index (χ0v) is 11.2. The van der Waals surface area contributed by atoms with Crippen molar-refractivity contribution in [2.75, 3.05) is 24.6 Å². The number of H-pyrrole nitrogens is 1. The van der Waals surface area contributed by atoms with Crippen LogP contribution in [0.25, 0.3) is 0 Å². The SMILES string of the molecule is Cc1[nH]cnc1CN1CCN[C@H]2CS(=O)(=O)C[C@@H]21. The Morgan fingerprint density at radius 3 is 3.06 bits per heavy atom. The van der Waals surface area contributed by atoms with E-state index in [1.165, 1.54) is 0 Å². The predicted octanol–water partition coefficient (Wildman–Crippen LogP) is -0.711. The Balaban J connectivity index is 1.78. The molecule has 3 heterocycles. The Labute approximate surface area is 107 Å². The van der Waals surface area contributed by atoms with Crippen molar-refractivity contribution in [2.45, 2.75) is 25.6 Å². The van der Waals surface area contributed by atoms with Crippen LogP contribution >= 0.6 is 0 Å². The first kappa shape index (κ1) is 12.1. The van der Waals surface area contributed by atoms with Crippen molar-refractivity contribution in [2.24, 2.45) is 0 Å². The van der Waals surface area contributed by atoms with Crippen LogP contribution in [0.5, 0.6) is 0 Å². The van der Waals surface area contributed by atoms with Gasteiger partial charge in [-0.3, -0.25) is 4.90 Å². The third-order valence-electron chi connectivity index (χ3n) is 3.88. The molecular weight excluding hydrogens is 252 g/mol. The van der Waals surface area contributed by atoms with Gasteiger partial charge in [0.1, 0.15) is 0 Å². The summed E-state index contributed by atoms with van der Waals surface area (Å²) in [5, 5.41) is 3.31. The van der Waals surface area contributed by atoms with Crippen molar-refractivity contribution >= 4 is 9.84 Å². The fourth-order valence-electron chi connectivity index (χ4n) is 2.88. The first-order chi connectivity index (χ1) is 8.55. The highest BCUT2D eigenvalue weighted by molar-refractivity contribution is 7.91. The van der Waals surface area contributed by atoms with Gasteiger partial charge < -0.3 is 10.3 Å². The summed E-state index contributed by atoms with van der Waals surface area (Å²) in [6.45, 7) is 4.45. The summed E-state index contributed by atoms with van der Waals surface area (Å²) < 4.78 is 23.4. The minimum absolute atomic E-state index is 0.0861. The van der Waals surface area contributed by atoms with E-state index in [2.05, 4.69) is 20.2 Å². The van der Waals surface area contributed by atoms with Crippen LogP contribution in [-0.2, 0) is 16.4 Å². The van der Waals surface area contributed by atoms with Gasteiger partial charge in [-0.15, -0.1) is 0 Å². The number of nitrogens with one attached hydrogen (secondary N) is 2. The first-order valence-corrected chi connectivity index (χ1v) is 8.04. The van der Waals surface area contributed by atoms with Crippen LogP contribution < -0.4 is 5.32 Å². The van der Waals surface area contributed by atoms with Gasteiger partial charge in [-0.1, -0.05) is 0 Å². The van der Waals surface area contributed by atoms with Crippen LogP contribution in [-0.4, -0.2) is 60.0 Å². The third-order valence-corrected chi connectivity index (χ3v) is 5.60. The van der Waals surface area contributed by atoms with E-state index in [4.69, 9.17) is 0 Å². The summed E-state index contributed by atoms with van der Waals surface area (Å²) in [7, 11) is -2.88. The molecule has 0 radical (unpaired) electrons. The molecule has 0 aromatic carbocycles. The molecule has 0 unspecified atom stereocenters. The molecule has 0 bridgehead atoms. The average molecular weight is 270 g/mol. The second-order valence-corrected chi connectivity index (χ2v) is 7.30. The number of nitrogens with zero attached hydrogens (tertiary/aromatic N) is 2. The second kappa shape index (κ2) is 4.32. The monoisotopic (exact) mass is 270 g/mol. The van der Waals surface area contributed by atoms with E-state index < -0.39 is 9.84 Å². The number of piperazine rings is 1. The molecule has 7 heteroatoms. The summed E-state index contributed by atoms with van der Waals surface area (Å²) in [6, 6.07) is 0.183. The molecule has 0 spiro atoms. The van der Waals surface area contributed by atoms with E-state index in [-0.39, 0.29) is 23.6 Å². The Hall–Kier alpha value is -0.920. The molecule has 6 nitrogen and oxygen atoms in total. The lowest BCUT2D eigenvalue weighted by Gasteiger charge is -2.37. The maximum atomic E-state index is 11.7. The van der Waals surface area contributed by atoms with Crippen molar-refractivity contribution in [3.8, 4) is 0 Å². The molecule has 1 aromatic rings. The first-order valence-electron chi connectivity index (χ1n) is 6.22. The van der Waals surface area contributed by atoms with Crippen LogP contribution in [0.3, 0.4) is 0 Å². The van der Waals surface area contributed by atoms with E-state index in [1.54, 1.807) is 6.33 Å². The van der Waals surface area contributed by atoms with E-state index in [1.807, 2.05) is 6.92 Å². The minimum atomic E-state index is -2.88. The fourth-order valence-corrected chi connectivity index (χ4v) is 4.87. The second-order valence-electron chi connectivity index (χ2n) is 5.15. The van der Waals surface area contributed by atoms with Crippen LogP contribution in [0.2, 0.25) is 0 Å². The van der Waals surface area contributed by atoms with Crippen molar-refractivity contribution in [3.05, 3.63) is 17.7 Å². The van der Waals surface area contributed by atoms with Gasteiger partial charge in [-0.25, -0.2) is 13.4 Å². The Morgan fingerprint density at radius 2 is 2.33 bits per heavy atom. The number of sulfone groups is 1. The summed E-state index contributed by atoms with van der Waals surface area (Å²) in [4.78, 5) is 9.60. The zero-order valence-electron chi connectivity index (χ0n) is 10.4. The summed E-state index contributed by atoms with van der Waals surface area (Å²) in [5.41, 5.74) is 2.07. The lowest BCUT2D eigenvalue weighted by Crippen LogP contribution is -2.56. The summed E-state index contributed by atoms with van der Waals surface area (Å²) in [5.74, 6) is 0.544. The van der Waals surface area contributed by atoms with Crippen molar-refractivity contribution < 1.29 is 8.42 Å². The molecule has 0 amide bonds. The zero-order chi connectivity index (χ0) is 12.8. The lowest BCUT2D eigenvalue weighted by molar-refractivity contribution is 0.139. The molecule has 100 valence electrons. The van der Waals surface area contributed by atoms with Gasteiger partial charge >= 0.3 is 0 Å². The molecule has 2 aliphatic heterocycles. The van der Waals surface area contributed by atoms with Crippen LogP contribution in [0.15, 0.2) is 6.33 Å². The predicted molar refractivity (Wildman–Crippen MR) is 68.0 cm³/mol. The van der Waals surface area contributed by atoms with Crippen LogP contribution in [0.1, 0.15) is 11.4 Å². The van der Waals surface area contributed by atoms with Gasteiger partial charge in [0.15, 0.2) is 9.84 Å². The third kappa shape index (κ3) is 2.17. The van der Waals surface area contributed by atoms with E-state index in [9.17, 15) is 8.42 Å². The maximum Gasteiger partial charge on any atom is 0.153 e. The highest BCUT2D eigenvalue weighted by Gasteiger charge is 2.42. The van der Waals surface area contributed by atoms with Gasteiger partial charge in [0.25, 0.3) is 0 Å². The van der Waals surface area contributed by atoms with Crippen LogP contribution in [0, 0.1) is 6.92 Å². The topological polar surface area (TPSA) is 78.1 Å². The molecule has 0 aliphatic carbocycles. The van der Waals surface area contributed by atoms with Gasteiger partial charge in [0.2, 0.25) is 0 Å². The molecule has 2 aliphatic rings. The van der Waals surface area contributed by atoms with Gasteiger partial charge in [0, 0.05) is 37.4 Å². The Kier molecular flexibility index (Phi) is 2.91. The molecule has 1 aromatic heterocycles. The molecule has 2 saturated heterocycles. The molecule has 3 rings (SSSR count). The van der Waals surface area contributed by atoms with Gasteiger partial charge in [0.05, 0.1) is 23.5 Å². The summed E-state index contributed by atoms with van der Waals surface area (Å²) in [6.07, 6.45) is 1.69. The van der Waals surface area contributed by atoms with Crippen LogP contribution in [0.4, 0.5) is 0 Å². The Bertz CT molecular complexity index is 539. The molecule has 2 atom stereocenters. The molecule has 18 heavy (non-hydrogen) atoms. The average Bonchev–Trinajstić information content (AvgIpc) is 2.82. The van der Waals surface area contributed by atoms with E-state index in [0.29, 0.717) is 0 Å². The number of rotatable bonds is 2. The number of aryl methyl sites for hydroxylation is 1. The Morgan fingerprint density at radius 1 is 1.50 bits per heavy atom. The highest BCUT2D eigenvalue weighted by Crippen LogP contribution is 2.23. The maximum absolute atomic E-state index is 11.7. The smallest absolute Gasteiger partial charge is 0.153 e. The van der Waals surface area contributed by atoms with E-state index >= 15 is 0 Å². The molecule has 0 saturated carbocycles. The van der Waals surface area contributed by atoms with Gasteiger partial charge in [-0.05, 0) is 6.92 Å². The molecule has 2 N–H and O–H groups in total. The number of hydrogen-bond donors (Lipinski definition) is 2. The van der Waals surface area contributed by atoms with Crippen molar-refractivity contribution in [1.29, 1.82) is 0 Å². The number of imidazole rings is 1. The molecular formula is C11H18N4O2S. The lowest BCUT2D eigenvalue weighted by atomic mass is 10.1. The number of fused-ring (bicyclic) bond motifs is 1. The fraction of sp³-hybridized carbons (Fsp3) is 0.727. The number of hydrogen-bond acceptors (Lipinski definition) is 5. The summed E-state index contributed by atoms with van der Waals surface area (Å²) >= 11 is 0.